The topological polar surface area (TPSA) is 24.9 Å². The van der Waals surface area contributed by atoms with Gasteiger partial charge in [-0.2, -0.15) is 0 Å². The van der Waals surface area contributed by atoms with Crippen LogP contribution in [0, 0.1) is 6.92 Å². The summed E-state index contributed by atoms with van der Waals surface area (Å²) >= 11 is 5.10. The first-order valence-corrected chi connectivity index (χ1v) is 6.36. The molecule has 0 atom stereocenters. The van der Waals surface area contributed by atoms with Crippen LogP contribution in [0.1, 0.15) is 11.3 Å². The third-order valence-electron chi connectivity index (χ3n) is 2.12. The molecule has 0 amide bonds. The highest BCUT2D eigenvalue weighted by Gasteiger charge is 1.98. The molecule has 0 saturated carbocycles. The molecule has 1 aromatic heterocycles. The molecule has 4 heteroatoms. The zero-order valence-corrected chi connectivity index (χ0v) is 10.7. The average Bonchev–Trinajstić information content (AvgIpc) is 2.73. The van der Waals surface area contributed by atoms with Crippen molar-refractivity contribution in [2.75, 3.05) is 5.32 Å². The van der Waals surface area contributed by atoms with Crippen LogP contribution in [-0.2, 0) is 6.54 Å². The van der Waals surface area contributed by atoms with Crippen LogP contribution >= 0.6 is 27.3 Å². The summed E-state index contributed by atoms with van der Waals surface area (Å²) in [5, 5.41) is 5.39. The van der Waals surface area contributed by atoms with Gasteiger partial charge in [-0.15, -0.1) is 11.3 Å². The van der Waals surface area contributed by atoms with E-state index in [4.69, 9.17) is 0 Å². The van der Waals surface area contributed by atoms with E-state index in [1.807, 2.05) is 5.51 Å². The highest BCUT2D eigenvalue weighted by atomic mass is 79.9. The number of nitrogens with zero attached hydrogens (tertiary/aromatic N) is 1. The Hall–Kier alpha value is -0.870. The van der Waals surface area contributed by atoms with Crippen molar-refractivity contribution < 1.29 is 0 Å². The van der Waals surface area contributed by atoms with E-state index in [9.17, 15) is 0 Å². The van der Waals surface area contributed by atoms with Crippen LogP contribution in [-0.4, -0.2) is 4.98 Å². The van der Waals surface area contributed by atoms with Gasteiger partial charge in [0.2, 0.25) is 0 Å². The van der Waals surface area contributed by atoms with Crippen LogP contribution in [0.3, 0.4) is 0 Å². The molecule has 2 aromatic rings. The molecule has 0 aliphatic carbocycles. The van der Waals surface area contributed by atoms with Crippen LogP contribution in [0.2, 0.25) is 0 Å². The van der Waals surface area contributed by atoms with Gasteiger partial charge in [0, 0.05) is 15.5 Å². The fourth-order valence-corrected chi connectivity index (χ4v) is 2.08. The number of nitrogens with one attached hydrogen (secondary N) is 1. The average molecular weight is 283 g/mol. The predicted octanol–water partition coefficient (Wildman–Crippen LogP) is 3.83. The first-order chi connectivity index (χ1) is 7.25. The van der Waals surface area contributed by atoms with Crippen molar-refractivity contribution in [3.8, 4) is 0 Å². The molecule has 15 heavy (non-hydrogen) atoms. The number of benzene rings is 1. The Morgan fingerprint density at radius 2 is 2.33 bits per heavy atom. The zero-order valence-electron chi connectivity index (χ0n) is 8.33. The van der Waals surface area contributed by atoms with E-state index in [0.29, 0.717) is 0 Å². The lowest BCUT2D eigenvalue weighted by Crippen LogP contribution is -1.99. The van der Waals surface area contributed by atoms with Crippen molar-refractivity contribution in [1.29, 1.82) is 0 Å². The smallest absolute Gasteiger partial charge is 0.0795 e. The normalized spacial score (nSPS) is 10.3. The second kappa shape index (κ2) is 4.77. The summed E-state index contributed by atoms with van der Waals surface area (Å²) in [6.07, 6.45) is 0. The van der Waals surface area contributed by atoms with Gasteiger partial charge >= 0.3 is 0 Å². The summed E-state index contributed by atoms with van der Waals surface area (Å²) in [5.74, 6) is 0. The van der Waals surface area contributed by atoms with Crippen LogP contribution in [0.5, 0.6) is 0 Å². The highest BCUT2D eigenvalue weighted by molar-refractivity contribution is 9.10. The van der Waals surface area contributed by atoms with Crippen molar-refractivity contribution in [2.45, 2.75) is 13.5 Å². The van der Waals surface area contributed by atoms with E-state index < -0.39 is 0 Å². The van der Waals surface area contributed by atoms with Gasteiger partial charge in [0.25, 0.3) is 0 Å². The molecular formula is C11H11BrN2S. The molecule has 0 fully saturated rings. The Morgan fingerprint density at radius 1 is 1.47 bits per heavy atom. The third-order valence-corrected chi connectivity index (χ3v) is 3.64. The summed E-state index contributed by atoms with van der Waals surface area (Å²) < 4.78 is 1.14. The van der Waals surface area contributed by atoms with Gasteiger partial charge in [-0.05, 0) is 30.7 Å². The fourth-order valence-electron chi connectivity index (χ4n) is 1.27. The molecule has 0 bridgehead atoms. The van der Waals surface area contributed by atoms with E-state index in [0.717, 1.165) is 22.4 Å². The lowest BCUT2D eigenvalue weighted by Gasteiger charge is -2.06. The van der Waals surface area contributed by atoms with Crippen molar-refractivity contribution in [3.05, 3.63) is 44.8 Å². The SMILES string of the molecule is Cc1cc(NCc2cscn2)ccc1Br. The number of aromatic nitrogens is 1. The van der Waals surface area contributed by atoms with Crippen molar-refractivity contribution in [2.24, 2.45) is 0 Å². The minimum absolute atomic E-state index is 0.782. The summed E-state index contributed by atoms with van der Waals surface area (Å²) in [7, 11) is 0. The monoisotopic (exact) mass is 282 g/mol. The molecule has 0 aliphatic rings. The maximum absolute atomic E-state index is 4.22. The molecule has 1 heterocycles. The number of aryl methyl sites for hydroxylation is 1. The van der Waals surface area contributed by atoms with Crippen LogP contribution in [0.4, 0.5) is 5.69 Å². The summed E-state index contributed by atoms with van der Waals surface area (Å²) in [6, 6.07) is 6.23. The van der Waals surface area contributed by atoms with E-state index in [1.54, 1.807) is 11.3 Å². The molecule has 0 unspecified atom stereocenters. The molecular weight excluding hydrogens is 272 g/mol. The number of anilines is 1. The Balaban J connectivity index is 2.02. The van der Waals surface area contributed by atoms with Gasteiger partial charge in [0.1, 0.15) is 0 Å². The second-order valence-electron chi connectivity index (χ2n) is 3.30. The Morgan fingerprint density at radius 3 is 3.00 bits per heavy atom. The lowest BCUT2D eigenvalue weighted by atomic mass is 10.2. The van der Waals surface area contributed by atoms with Gasteiger partial charge < -0.3 is 5.32 Å². The summed E-state index contributed by atoms with van der Waals surface area (Å²) in [6.45, 7) is 2.86. The molecule has 2 nitrogen and oxygen atoms in total. The van der Waals surface area contributed by atoms with Crippen molar-refractivity contribution in [3.63, 3.8) is 0 Å². The van der Waals surface area contributed by atoms with Crippen LogP contribution in [0.25, 0.3) is 0 Å². The van der Waals surface area contributed by atoms with E-state index in [1.165, 1.54) is 5.56 Å². The first-order valence-electron chi connectivity index (χ1n) is 4.63. The van der Waals surface area contributed by atoms with Crippen LogP contribution in [0.15, 0.2) is 33.6 Å². The Labute approximate surface area is 101 Å². The number of thiazole rings is 1. The Kier molecular flexibility index (Phi) is 3.38. The first kappa shape index (κ1) is 10.6. The van der Waals surface area contributed by atoms with Crippen LogP contribution < -0.4 is 5.32 Å². The maximum atomic E-state index is 4.22. The van der Waals surface area contributed by atoms with E-state index in [2.05, 4.69) is 56.7 Å². The second-order valence-corrected chi connectivity index (χ2v) is 4.87. The number of hydrogen-bond donors (Lipinski definition) is 1. The van der Waals surface area contributed by atoms with Gasteiger partial charge in [-0.3, -0.25) is 0 Å². The van der Waals surface area contributed by atoms with E-state index in [-0.39, 0.29) is 0 Å². The molecule has 1 aromatic carbocycles. The number of hydrogen-bond acceptors (Lipinski definition) is 3. The van der Waals surface area contributed by atoms with Gasteiger partial charge in [-0.1, -0.05) is 15.9 Å². The molecule has 0 spiro atoms. The van der Waals surface area contributed by atoms with Crippen molar-refractivity contribution >= 4 is 33.0 Å². The zero-order chi connectivity index (χ0) is 10.7. The molecule has 0 radical (unpaired) electrons. The van der Waals surface area contributed by atoms with Crippen molar-refractivity contribution in [1.82, 2.24) is 4.98 Å². The predicted molar refractivity (Wildman–Crippen MR) is 68.3 cm³/mol. The Bertz CT molecular complexity index is 440. The maximum Gasteiger partial charge on any atom is 0.0795 e. The van der Waals surface area contributed by atoms with E-state index >= 15 is 0 Å². The largest absolute Gasteiger partial charge is 0.379 e. The third kappa shape index (κ3) is 2.79. The fraction of sp³-hybridized carbons (Fsp3) is 0.182. The summed E-state index contributed by atoms with van der Waals surface area (Å²) in [5.41, 5.74) is 5.30. The van der Waals surface area contributed by atoms with Gasteiger partial charge in [0.05, 0.1) is 17.7 Å². The summed E-state index contributed by atoms with van der Waals surface area (Å²) in [4.78, 5) is 4.22. The molecule has 78 valence electrons. The quantitative estimate of drug-likeness (QED) is 0.926. The van der Waals surface area contributed by atoms with Gasteiger partial charge in [0.15, 0.2) is 0 Å². The number of rotatable bonds is 3. The lowest BCUT2D eigenvalue weighted by molar-refractivity contribution is 1.07. The van der Waals surface area contributed by atoms with Gasteiger partial charge in [-0.25, -0.2) is 4.98 Å². The molecule has 0 saturated heterocycles. The standard InChI is InChI=1S/C11H11BrN2S/c1-8-4-9(2-3-11(8)12)13-5-10-6-15-7-14-10/h2-4,6-7,13H,5H2,1H3. The highest BCUT2D eigenvalue weighted by Crippen LogP contribution is 2.20. The molecule has 1 N–H and O–H groups in total. The minimum Gasteiger partial charge on any atom is -0.379 e. The molecule has 0 aliphatic heterocycles. The minimum atomic E-state index is 0.782. The molecule has 2 rings (SSSR count). The number of halogens is 1.